The number of hydrogen-bond acceptors (Lipinski definition) is 5. The fourth-order valence-corrected chi connectivity index (χ4v) is 5.13. The van der Waals surface area contributed by atoms with Gasteiger partial charge in [0.05, 0.1) is 35.7 Å². The Morgan fingerprint density at radius 1 is 1.16 bits per heavy atom. The number of aromatic nitrogens is 2. The minimum absolute atomic E-state index is 0.396. The molecule has 2 aromatic rings. The Kier molecular flexibility index (Phi) is 4.49. The number of fused-ring (bicyclic) bond motifs is 1. The molecule has 2 aliphatic heterocycles. The molecule has 1 aromatic carbocycles. The number of nitrogens with zero attached hydrogens (tertiary/aromatic N) is 3. The van der Waals surface area contributed by atoms with Crippen LogP contribution in [0.15, 0.2) is 35.4 Å². The molecule has 0 radical (unpaired) electrons. The Morgan fingerprint density at radius 2 is 1.96 bits per heavy atom. The van der Waals surface area contributed by atoms with E-state index >= 15 is 0 Å². The number of hydrogen-bond donors (Lipinski definition) is 1. The normalized spacial score (nSPS) is 19.0. The van der Waals surface area contributed by atoms with Crippen LogP contribution in [0.2, 0.25) is 0 Å². The van der Waals surface area contributed by atoms with E-state index < -0.39 is 10.0 Å². The molecule has 8 heteroatoms. The van der Waals surface area contributed by atoms with Crippen molar-refractivity contribution in [3.8, 4) is 0 Å². The lowest BCUT2D eigenvalue weighted by atomic mass is 10.1. The maximum Gasteiger partial charge on any atom is 0.243 e. The fourth-order valence-electron chi connectivity index (χ4n) is 3.51. The van der Waals surface area contributed by atoms with Gasteiger partial charge in [-0.3, -0.25) is 5.10 Å². The van der Waals surface area contributed by atoms with E-state index in [2.05, 4.69) is 15.1 Å². The van der Waals surface area contributed by atoms with E-state index in [-0.39, 0.29) is 0 Å². The first kappa shape index (κ1) is 16.6. The standard InChI is InChI=1S/C17H22N4O3S/c22-25(23,21-8-10-24-11-9-21)17-6-2-1-4-14(17)13-20-7-3-5-15-16(20)12-18-19-15/h1-2,4,6,12H,3,5,7-11,13H2,(H,18,19). The highest BCUT2D eigenvalue weighted by Crippen LogP contribution is 2.29. The van der Waals surface area contributed by atoms with Crippen LogP contribution < -0.4 is 4.90 Å². The largest absolute Gasteiger partial charge is 0.379 e. The van der Waals surface area contributed by atoms with Gasteiger partial charge >= 0.3 is 0 Å². The van der Waals surface area contributed by atoms with E-state index in [4.69, 9.17) is 4.74 Å². The molecule has 0 aliphatic carbocycles. The Hall–Kier alpha value is -1.90. The lowest BCUT2D eigenvalue weighted by Crippen LogP contribution is -2.41. The van der Waals surface area contributed by atoms with E-state index in [0.717, 1.165) is 36.3 Å². The summed E-state index contributed by atoms with van der Waals surface area (Å²) in [6.45, 7) is 3.18. The molecule has 1 aromatic heterocycles. The van der Waals surface area contributed by atoms with Crippen molar-refractivity contribution in [2.45, 2.75) is 24.3 Å². The van der Waals surface area contributed by atoms with E-state index in [0.29, 0.717) is 37.7 Å². The third-order valence-electron chi connectivity index (χ3n) is 4.81. The van der Waals surface area contributed by atoms with Gasteiger partial charge in [-0.2, -0.15) is 9.40 Å². The zero-order valence-corrected chi connectivity index (χ0v) is 14.8. The molecule has 4 rings (SSSR count). The second-order valence-electron chi connectivity index (χ2n) is 6.38. The summed E-state index contributed by atoms with van der Waals surface area (Å²) in [6.07, 6.45) is 3.85. The zero-order valence-electron chi connectivity index (χ0n) is 14.0. The SMILES string of the molecule is O=S(=O)(c1ccccc1CN1CCCc2[nH]ncc21)N1CCOCC1. The predicted octanol–water partition coefficient (Wildman–Crippen LogP) is 1.38. The van der Waals surface area contributed by atoms with Crippen LogP contribution in [-0.2, 0) is 27.7 Å². The van der Waals surface area contributed by atoms with Crippen molar-refractivity contribution in [1.82, 2.24) is 14.5 Å². The average Bonchev–Trinajstić information content (AvgIpc) is 3.13. The molecule has 134 valence electrons. The van der Waals surface area contributed by atoms with Gasteiger partial charge in [-0.15, -0.1) is 0 Å². The van der Waals surface area contributed by atoms with Gasteiger partial charge in [0.25, 0.3) is 0 Å². The summed E-state index contributed by atoms with van der Waals surface area (Å²) in [4.78, 5) is 2.60. The Labute approximate surface area is 147 Å². The average molecular weight is 362 g/mol. The van der Waals surface area contributed by atoms with Crippen LogP contribution in [-0.4, -0.2) is 55.8 Å². The number of benzene rings is 1. The highest BCUT2D eigenvalue weighted by Gasteiger charge is 2.29. The van der Waals surface area contributed by atoms with Crippen molar-refractivity contribution in [3.63, 3.8) is 0 Å². The molecule has 1 fully saturated rings. The number of nitrogens with one attached hydrogen (secondary N) is 1. The minimum Gasteiger partial charge on any atom is -0.379 e. The molecule has 1 saturated heterocycles. The van der Waals surface area contributed by atoms with Crippen molar-refractivity contribution in [2.75, 3.05) is 37.7 Å². The molecule has 3 heterocycles. The van der Waals surface area contributed by atoms with Crippen molar-refractivity contribution in [2.24, 2.45) is 0 Å². The third kappa shape index (κ3) is 3.17. The minimum atomic E-state index is -3.50. The second kappa shape index (κ2) is 6.78. The quantitative estimate of drug-likeness (QED) is 0.889. The van der Waals surface area contributed by atoms with Crippen LogP contribution in [0.4, 0.5) is 5.69 Å². The lowest BCUT2D eigenvalue weighted by molar-refractivity contribution is 0.0730. The molecule has 7 nitrogen and oxygen atoms in total. The summed E-state index contributed by atoms with van der Waals surface area (Å²) < 4.78 is 33.0. The van der Waals surface area contributed by atoms with E-state index in [1.165, 1.54) is 4.31 Å². The fraction of sp³-hybridized carbons (Fsp3) is 0.471. The topological polar surface area (TPSA) is 78.5 Å². The summed E-state index contributed by atoms with van der Waals surface area (Å²) in [7, 11) is -3.50. The van der Waals surface area contributed by atoms with Crippen LogP contribution in [0.5, 0.6) is 0 Å². The van der Waals surface area contributed by atoms with Gasteiger partial charge < -0.3 is 9.64 Å². The Morgan fingerprint density at radius 3 is 2.80 bits per heavy atom. The van der Waals surface area contributed by atoms with Gasteiger partial charge in [0, 0.05) is 26.2 Å². The number of aromatic amines is 1. The maximum absolute atomic E-state index is 13.1. The zero-order chi connectivity index (χ0) is 17.3. The van der Waals surface area contributed by atoms with E-state index in [1.54, 1.807) is 12.1 Å². The van der Waals surface area contributed by atoms with E-state index in [1.807, 2.05) is 18.3 Å². The molecule has 2 aliphatic rings. The van der Waals surface area contributed by atoms with Crippen LogP contribution in [0, 0.1) is 0 Å². The molecular weight excluding hydrogens is 340 g/mol. The third-order valence-corrected chi connectivity index (χ3v) is 6.81. The number of anilines is 1. The van der Waals surface area contributed by atoms with Crippen LogP contribution >= 0.6 is 0 Å². The van der Waals surface area contributed by atoms with Gasteiger partial charge in [0.15, 0.2) is 0 Å². The summed E-state index contributed by atoms with van der Waals surface area (Å²) in [5, 5.41) is 7.17. The molecule has 25 heavy (non-hydrogen) atoms. The maximum atomic E-state index is 13.1. The van der Waals surface area contributed by atoms with Crippen LogP contribution in [0.3, 0.4) is 0 Å². The van der Waals surface area contributed by atoms with E-state index in [9.17, 15) is 8.42 Å². The molecule has 0 atom stereocenters. The molecule has 0 unspecified atom stereocenters. The molecule has 0 saturated carbocycles. The van der Waals surface area contributed by atoms with Gasteiger partial charge in [-0.25, -0.2) is 8.42 Å². The number of H-pyrrole nitrogens is 1. The highest BCUT2D eigenvalue weighted by atomic mass is 32.2. The van der Waals surface area contributed by atoms with Crippen LogP contribution in [0.1, 0.15) is 17.7 Å². The van der Waals surface area contributed by atoms with Crippen molar-refractivity contribution >= 4 is 15.7 Å². The number of rotatable bonds is 4. The summed E-state index contributed by atoms with van der Waals surface area (Å²) in [6, 6.07) is 7.30. The molecule has 0 bridgehead atoms. The molecular formula is C17H22N4O3S. The van der Waals surface area contributed by atoms with Gasteiger partial charge in [0.2, 0.25) is 10.0 Å². The van der Waals surface area contributed by atoms with Gasteiger partial charge in [-0.1, -0.05) is 18.2 Å². The van der Waals surface area contributed by atoms with Gasteiger partial charge in [-0.05, 0) is 24.5 Å². The van der Waals surface area contributed by atoms with Crippen molar-refractivity contribution < 1.29 is 13.2 Å². The summed E-state index contributed by atoms with van der Waals surface area (Å²) >= 11 is 0. The number of morpholine rings is 1. The van der Waals surface area contributed by atoms with Crippen LogP contribution in [0.25, 0.3) is 0 Å². The summed E-state index contributed by atoms with van der Waals surface area (Å²) in [5.74, 6) is 0. The predicted molar refractivity (Wildman–Crippen MR) is 94.0 cm³/mol. The number of sulfonamides is 1. The smallest absolute Gasteiger partial charge is 0.243 e. The molecule has 1 N–H and O–H groups in total. The first-order chi connectivity index (χ1) is 12.2. The molecule has 0 amide bonds. The Bertz CT molecular complexity index is 843. The Balaban J connectivity index is 1.64. The first-order valence-electron chi connectivity index (χ1n) is 8.59. The first-order valence-corrected chi connectivity index (χ1v) is 10.0. The number of aryl methyl sites for hydroxylation is 1. The van der Waals surface area contributed by atoms with Gasteiger partial charge in [0.1, 0.15) is 0 Å². The number of ether oxygens (including phenoxy) is 1. The summed E-state index contributed by atoms with van der Waals surface area (Å²) in [5.41, 5.74) is 3.02. The monoisotopic (exact) mass is 362 g/mol. The molecule has 0 spiro atoms. The van der Waals surface area contributed by atoms with Crippen molar-refractivity contribution in [3.05, 3.63) is 41.7 Å². The second-order valence-corrected chi connectivity index (χ2v) is 8.29. The van der Waals surface area contributed by atoms with Crippen molar-refractivity contribution in [1.29, 1.82) is 0 Å². The highest BCUT2D eigenvalue weighted by molar-refractivity contribution is 7.89. The lowest BCUT2D eigenvalue weighted by Gasteiger charge is -2.30.